The quantitative estimate of drug-likeness (QED) is 0.527. The average Bonchev–Trinajstić information content (AvgIpc) is 2.54. The van der Waals surface area contributed by atoms with Crippen molar-refractivity contribution in [2.75, 3.05) is 13.1 Å². The van der Waals surface area contributed by atoms with Crippen LogP contribution in [0.15, 0.2) is 24.0 Å². The summed E-state index contributed by atoms with van der Waals surface area (Å²) in [4.78, 5) is 6.85. The third kappa shape index (κ3) is 1.24. The normalized spacial score (nSPS) is 28.9. The Morgan fingerprint density at radius 3 is 3.07 bits per heavy atom. The second kappa shape index (κ2) is 3.15. The molecule has 2 N–H and O–H groups in total. The van der Waals surface area contributed by atoms with E-state index in [4.69, 9.17) is 0 Å². The summed E-state index contributed by atoms with van der Waals surface area (Å²) in [5, 5.41) is 0. The SMILES string of the molecule is [CH2-][NH+]1CCC2=C(C1)[NH+]([CH2-])c1ncccc12. The molecule has 1 aromatic heterocycles. The van der Waals surface area contributed by atoms with E-state index in [0.717, 1.165) is 30.2 Å². The molecule has 3 rings (SSSR count). The summed E-state index contributed by atoms with van der Waals surface area (Å²) in [7, 11) is 8.23. The number of quaternary nitrogens is 2. The molecule has 1 aromatic rings. The van der Waals surface area contributed by atoms with Gasteiger partial charge >= 0.3 is 0 Å². The molecule has 0 fully saturated rings. The highest BCUT2D eigenvalue weighted by Crippen LogP contribution is 2.29. The molecule has 3 heterocycles. The van der Waals surface area contributed by atoms with Gasteiger partial charge in [0.15, 0.2) is 0 Å². The fourth-order valence-electron chi connectivity index (χ4n) is 2.52. The molecule has 0 amide bonds. The number of fused-ring (bicyclic) bond motifs is 2. The lowest BCUT2D eigenvalue weighted by Crippen LogP contribution is -3.13. The van der Waals surface area contributed by atoms with E-state index in [1.807, 2.05) is 12.3 Å². The highest BCUT2D eigenvalue weighted by molar-refractivity contribution is 5.76. The second-order valence-corrected chi connectivity index (χ2v) is 4.26. The van der Waals surface area contributed by atoms with Crippen LogP contribution in [0, 0.1) is 14.1 Å². The molecule has 78 valence electrons. The smallest absolute Gasteiger partial charge is 0.211 e. The van der Waals surface area contributed by atoms with Gasteiger partial charge in [-0.05, 0) is 12.1 Å². The summed E-state index contributed by atoms with van der Waals surface area (Å²) in [6.45, 7) is 2.10. The topological polar surface area (TPSA) is 21.8 Å². The van der Waals surface area contributed by atoms with Crippen LogP contribution in [0.25, 0.3) is 5.57 Å². The second-order valence-electron chi connectivity index (χ2n) is 4.26. The average molecular weight is 201 g/mol. The molecule has 2 aliphatic rings. The van der Waals surface area contributed by atoms with Gasteiger partial charge in [-0.15, -0.1) is 7.05 Å². The Hall–Kier alpha value is -1.19. The van der Waals surface area contributed by atoms with Gasteiger partial charge in [0.25, 0.3) is 0 Å². The van der Waals surface area contributed by atoms with Gasteiger partial charge in [-0.1, -0.05) is 0 Å². The van der Waals surface area contributed by atoms with E-state index in [1.165, 1.54) is 21.7 Å². The summed E-state index contributed by atoms with van der Waals surface area (Å²) >= 11 is 0. The third-order valence-corrected chi connectivity index (χ3v) is 3.30. The zero-order chi connectivity index (χ0) is 10.4. The first-order valence-electron chi connectivity index (χ1n) is 5.31. The Kier molecular flexibility index (Phi) is 1.90. The maximum Gasteiger partial charge on any atom is 0.211 e. The Morgan fingerprint density at radius 2 is 2.20 bits per heavy atom. The third-order valence-electron chi connectivity index (χ3n) is 3.30. The molecular weight excluding hydrogens is 186 g/mol. The minimum absolute atomic E-state index is 0.991. The lowest BCUT2D eigenvalue weighted by atomic mass is 10.0. The first kappa shape index (κ1) is 9.07. The van der Waals surface area contributed by atoms with Gasteiger partial charge in [0.1, 0.15) is 12.2 Å². The summed E-state index contributed by atoms with van der Waals surface area (Å²) in [6.07, 6.45) is 2.95. The van der Waals surface area contributed by atoms with Crippen LogP contribution in [0.5, 0.6) is 0 Å². The zero-order valence-electron chi connectivity index (χ0n) is 8.71. The Morgan fingerprint density at radius 1 is 1.33 bits per heavy atom. The summed E-state index contributed by atoms with van der Waals surface area (Å²) in [5.74, 6) is 1.08. The molecule has 0 spiro atoms. The predicted octanol–water partition coefficient (Wildman–Crippen LogP) is -0.806. The van der Waals surface area contributed by atoms with Crippen LogP contribution >= 0.6 is 0 Å². The van der Waals surface area contributed by atoms with E-state index in [1.54, 1.807) is 0 Å². The molecule has 3 nitrogen and oxygen atoms in total. The van der Waals surface area contributed by atoms with Crippen molar-refractivity contribution in [2.45, 2.75) is 6.42 Å². The van der Waals surface area contributed by atoms with Crippen LogP contribution in [0.3, 0.4) is 0 Å². The number of hydrogen-bond donors (Lipinski definition) is 2. The molecule has 0 aliphatic carbocycles. The van der Waals surface area contributed by atoms with E-state index < -0.39 is 0 Å². The molecule has 2 unspecified atom stereocenters. The maximum atomic E-state index is 4.42. The highest BCUT2D eigenvalue weighted by Gasteiger charge is 2.33. The number of hydrogen-bond acceptors (Lipinski definition) is 1. The van der Waals surface area contributed by atoms with Gasteiger partial charge in [0.2, 0.25) is 5.82 Å². The van der Waals surface area contributed by atoms with E-state index in [0.29, 0.717) is 0 Å². The van der Waals surface area contributed by atoms with E-state index in [2.05, 4.69) is 25.1 Å². The molecule has 0 saturated heterocycles. The first-order valence-corrected chi connectivity index (χ1v) is 5.31. The van der Waals surface area contributed by atoms with Crippen molar-refractivity contribution in [3.05, 3.63) is 43.7 Å². The van der Waals surface area contributed by atoms with Crippen molar-refractivity contribution < 1.29 is 9.80 Å². The minimum Gasteiger partial charge on any atom is -0.459 e. The van der Waals surface area contributed by atoms with Crippen molar-refractivity contribution >= 4 is 11.4 Å². The number of nitrogens with one attached hydrogen (secondary N) is 2. The largest absolute Gasteiger partial charge is 0.459 e. The Balaban J connectivity index is 2.11. The highest BCUT2D eigenvalue weighted by atomic mass is 15.2. The fraction of sp³-hybridized carbons (Fsp3) is 0.250. The number of aromatic nitrogens is 1. The Labute approximate surface area is 90.0 Å². The van der Waals surface area contributed by atoms with Gasteiger partial charge in [0, 0.05) is 18.2 Å². The van der Waals surface area contributed by atoms with Gasteiger partial charge in [-0.25, -0.2) is 4.98 Å². The molecule has 3 heteroatoms. The lowest BCUT2D eigenvalue weighted by molar-refractivity contribution is -0.872. The standard InChI is InChI=1S/C12H15N3/c1-14-7-5-9-10-4-3-6-13-12(10)15(2)11(9)8-14/h3-4,6,14-15H,1-2,5,7-8H2. The Bertz CT molecular complexity index is 436. The lowest BCUT2D eigenvalue weighted by Gasteiger charge is -2.28. The van der Waals surface area contributed by atoms with Gasteiger partial charge in [-0.2, -0.15) is 7.05 Å². The van der Waals surface area contributed by atoms with Gasteiger partial charge < -0.3 is 9.80 Å². The number of pyridine rings is 1. The van der Waals surface area contributed by atoms with Crippen LogP contribution in [0.4, 0.5) is 5.82 Å². The van der Waals surface area contributed by atoms with E-state index >= 15 is 0 Å². The minimum atomic E-state index is 0.991. The van der Waals surface area contributed by atoms with Crippen LogP contribution in [0.2, 0.25) is 0 Å². The van der Waals surface area contributed by atoms with Crippen LogP contribution in [-0.2, 0) is 0 Å². The summed E-state index contributed by atoms with van der Waals surface area (Å²) in [6, 6.07) is 4.16. The first-order chi connectivity index (χ1) is 7.27. The molecule has 0 radical (unpaired) electrons. The summed E-state index contributed by atoms with van der Waals surface area (Å²) < 4.78 is 0. The zero-order valence-corrected chi connectivity index (χ0v) is 8.71. The molecule has 2 aliphatic heterocycles. The van der Waals surface area contributed by atoms with Crippen molar-refractivity contribution in [1.82, 2.24) is 4.98 Å². The van der Waals surface area contributed by atoms with Crippen molar-refractivity contribution in [1.29, 1.82) is 0 Å². The van der Waals surface area contributed by atoms with Crippen molar-refractivity contribution in [3.8, 4) is 0 Å². The number of rotatable bonds is 0. The van der Waals surface area contributed by atoms with E-state index in [9.17, 15) is 0 Å². The van der Waals surface area contributed by atoms with E-state index in [-0.39, 0.29) is 0 Å². The van der Waals surface area contributed by atoms with Crippen molar-refractivity contribution in [3.63, 3.8) is 0 Å². The van der Waals surface area contributed by atoms with Crippen molar-refractivity contribution in [2.24, 2.45) is 0 Å². The molecule has 15 heavy (non-hydrogen) atoms. The molecule has 0 saturated carbocycles. The van der Waals surface area contributed by atoms with Crippen LogP contribution in [-0.4, -0.2) is 18.1 Å². The predicted molar refractivity (Wildman–Crippen MR) is 57.8 cm³/mol. The summed E-state index contributed by atoms with van der Waals surface area (Å²) in [5.41, 5.74) is 4.13. The molecule has 2 atom stereocenters. The fourth-order valence-corrected chi connectivity index (χ4v) is 2.52. The molecule has 0 aromatic carbocycles. The monoisotopic (exact) mass is 201 g/mol. The molecule has 0 bridgehead atoms. The van der Waals surface area contributed by atoms with Crippen LogP contribution < -0.4 is 9.80 Å². The number of nitrogens with zero attached hydrogens (tertiary/aromatic N) is 1. The van der Waals surface area contributed by atoms with Crippen LogP contribution in [0.1, 0.15) is 12.0 Å². The van der Waals surface area contributed by atoms with Gasteiger partial charge in [-0.3, -0.25) is 0 Å². The maximum absolute atomic E-state index is 4.42. The van der Waals surface area contributed by atoms with Gasteiger partial charge in [0.05, 0.1) is 12.1 Å². The molecular formula is C12H15N3.